The lowest BCUT2D eigenvalue weighted by atomic mass is 10.1. The summed E-state index contributed by atoms with van der Waals surface area (Å²) in [5, 5.41) is 0. The van der Waals surface area contributed by atoms with E-state index in [9.17, 15) is 4.79 Å². The minimum Gasteiger partial charge on any atom is -0.497 e. The molecule has 0 aliphatic heterocycles. The molecule has 1 heterocycles. The van der Waals surface area contributed by atoms with Crippen LogP contribution in [0.5, 0.6) is 11.5 Å². The number of hydrogen-bond donors (Lipinski definition) is 1. The van der Waals surface area contributed by atoms with Crippen LogP contribution in [0.4, 0.5) is 0 Å². The fourth-order valence-electron chi connectivity index (χ4n) is 1.51. The maximum atomic E-state index is 12.1. The van der Waals surface area contributed by atoms with Gasteiger partial charge in [-0.1, -0.05) is 0 Å². The normalized spacial score (nSPS) is 10.0. The number of benzene rings is 1. The monoisotopic (exact) mass is 232 g/mol. The van der Waals surface area contributed by atoms with E-state index in [0.717, 1.165) is 0 Å². The third-order valence-electron chi connectivity index (χ3n) is 2.36. The van der Waals surface area contributed by atoms with Gasteiger partial charge in [-0.05, 0) is 18.2 Å². The summed E-state index contributed by atoms with van der Waals surface area (Å²) in [4.78, 5) is 18.8. The molecule has 1 aromatic carbocycles. The Morgan fingerprint density at radius 2 is 2.12 bits per heavy atom. The summed E-state index contributed by atoms with van der Waals surface area (Å²) in [7, 11) is 3.06. The van der Waals surface area contributed by atoms with Gasteiger partial charge in [-0.3, -0.25) is 4.79 Å². The van der Waals surface area contributed by atoms with Crippen molar-refractivity contribution < 1.29 is 14.3 Å². The molecule has 0 fully saturated rings. The van der Waals surface area contributed by atoms with Crippen molar-refractivity contribution in [3.63, 3.8) is 0 Å². The number of H-pyrrole nitrogens is 1. The highest BCUT2D eigenvalue weighted by atomic mass is 16.5. The second-order valence-electron chi connectivity index (χ2n) is 3.33. The maximum Gasteiger partial charge on any atom is 0.232 e. The molecule has 0 aliphatic carbocycles. The van der Waals surface area contributed by atoms with E-state index in [1.54, 1.807) is 31.5 Å². The van der Waals surface area contributed by atoms with Gasteiger partial charge in [0.05, 0.1) is 19.8 Å². The van der Waals surface area contributed by atoms with Gasteiger partial charge in [0.1, 0.15) is 11.5 Å². The molecule has 2 rings (SSSR count). The van der Waals surface area contributed by atoms with E-state index in [1.807, 2.05) is 0 Å². The molecule has 0 saturated heterocycles. The second-order valence-corrected chi connectivity index (χ2v) is 3.33. The molecule has 88 valence electrons. The zero-order chi connectivity index (χ0) is 12.3. The SMILES string of the molecule is COc1ccc(OC)c(C(=O)c2ncc[nH]2)c1. The van der Waals surface area contributed by atoms with E-state index in [1.165, 1.54) is 13.3 Å². The summed E-state index contributed by atoms with van der Waals surface area (Å²) in [5.74, 6) is 1.13. The summed E-state index contributed by atoms with van der Waals surface area (Å²) >= 11 is 0. The lowest BCUT2D eigenvalue weighted by molar-refractivity contribution is 0.102. The van der Waals surface area contributed by atoms with Crippen LogP contribution in [-0.4, -0.2) is 30.0 Å². The fourth-order valence-corrected chi connectivity index (χ4v) is 1.51. The summed E-state index contributed by atoms with van der Waals surface area (Å²) < 4.78 is 10.2. The molecular formula is C12H12N2O3. The van der Waals surface area contributed by atoms with Gasteiger partial charge in [0.25, 0.3) is 0 Å². The van der Waals surface area contributed by atoms with Crippen molar-refractivity contribution in [2.45, 2.75) is 0 Å². The standard InChI is InChI=1S/C12H12N2O3/c1-16-8-3-4-10(17-2)9(7-8)11(15)12-13-5-6-14-12/h3-7H,1-2H3,(H,13,14). The van der Waals surface area contributed by atoms with Gasteiger partial charge in [-0.15, -0.1) is 0 Å². The van der Waals surface area contributed by atoms with Crippen molar-refractivity contribution in [2.75, 3.05) is 14.2 Å². The van der Waals surface area contributed by atoms with Gasteiger partial charge in [0.15, 0.2) is 5.82 Å². The van der Waals surface area contributed by atoms with Crippen LogP contribution in [0.15, 0.2) is 30.6 Å². The van der Waals surface area contributed by atoms with E-state index >= 15 is 0 Å². The molecule has 5 nitrogen and oxygen atoms in total. The number of carbonyl (C=O) groups is 1. The number of nitrogens with zero attached hydrogens (tertiary/aromatic N) is 1. The Morgan fingerprint density at radius 1 is 1.29 bits per heavy atom. The number of ether oxygens (including phenoxy) is 2. The third kappa shape index (κ3) is 2.13. The molecule has 5 heteroatoms. The Balaban J connectivity index is 2.45. The van der Waals surface area contributed by atoms with Crippen molar-refractivity contribution in [3.05, 3.63) is 42.0 Å². The second kappa shape index (κ2) is 4.69. The van der Waals surface area contributed by atoms with Crippen LogP contribution in [0.25, 0.3) is 0 Å². The first-order valence-corrected chi connectivity index (χ1v) is 5.02. The first-order valence-electron chi connectivity index (χ1n) is 5.02. The summed E-state index contributed by atoms with van der Waals surface area (Å²) in [6.07, 6.45) is 3.12. The molecule has 17 heavy (non-hydrogen) atoms. The lowest BCUT2D eigenvalue weighted by Crippen LogP contribution is -2.06. The number of hydrogen-bond acceptors (Lipinski definition) is 4. The Kier molecular flexibility index (Phi) is 3.09. The summed E-state index contributed by atoms with van der Waals surface area (Å²) in [6.45, 7) is 0. The van der Waals surface area contributed by atoms with Crippen LogP contribution >= 0.6 is 0 Å². The number of rotatable bonds is 4. The highest BCUT2D eigenvalue weighted by Crippen LogP contribution is 2.25. The predicted octanol–water partition coefficient (Wildman–Crippen LogP) is 1.66. The van der Waals surface area contributed by atoms with E-state index in [4.69, 9.17) is 9.47 Å². The molecule has 0 atom stereocenters. The molecule has 0 saturated carbocycles. The van der Waals surface area contributed by atoms with Gasteiger partial charge < -0.3 is 14.5 Å². The average molecular weight is 232 g/mol. The summed E-state index contributed by atoms with van der Waals surface area (Å²) in [6, 6.07) is 5.05. The average Bonchev–Trinajstić information content (AvgIpc) is 2.91. The van der Waals surface area contributed by atoms with Crippen LogP contribution in [0.3, 0.4) is 0 Å². The molecule has 2 aromatic rings. The van der Waals surface area contributed by atoms with Crippen molar-refractivity contribution in [1.82, 2.24) is 9.97 Å². The number of aromatic nitrogens is 2. The van der Waals surface area contributed by atoms with Gasteiger partial charge in [0, 0.05) is 12.4 Å². The minimum absolute atomic E-state index is 0.231. The topological polar surface area (TPSA) is 64.2 Å². The van der Waals surface area contributed by atoms with Crippen molar-refractivity contribution in [2.24, 2.45) is 0 Å². The molecule has 0 unspecified atom stereocenters. The number of imidazole rings is 1. The van der Waals surface area contributed by atoms with Crippen LogP contribution in [0.2, 0.25) is 0 Å². The Hall–Kier alpha value is -2.30. The Morgan fingerprint density at radius 3 is 2.71 bits per heavy atom. The zero-order valence-electron chi connectivity index (χ0n) is 9.56. The molecule has 0 radical (unpaired) electrons. The largest absolute Gasteiger partial charge is 0.497 e. The molecule has 1 aromatic heterocycles. The quantitative estimate of drug-likeness (QED) is 0.814. The Bertz CT molecular complexity index is 521. The van der Waals surface area contributed by atoms with E-state index < -0.39 is 0 Å². The number of aromatic amines is 1. The molecule has 0 spiro atoms. The molecular weight excluding hydrogens is 220 g/mol. The van der Waals surface area contributed by atoms with Crippen molar-refractivity contribution >= 4 is 5.78 Å². The van der Waals surface area contributed by atoms with Crippen LogP contribution in [-0.2, 0) is 0 Å². The number of ketones is 1. The van der Waals surface area contributed by atoms with Crippen molar-refractivity contribution in [3.8, 4) is 11.5 Å². The van der Waals surface area contributed by atoms with E-state index in [0.29, 0.717) is 17.1 Å². The number of methoxy groups -OCH3 is 2. The third-order valence-corrected chi connectivity index (χ3v) is 2.36. The summed E-state index contributed by atoms with van der Waals surface area (Å²) in [5.41, 5.74) is 0.418. The molecule has 0 bridgehead atoms. The molecule has 0 aliphatic rings. The van der Waals surface area contributed by atoms with Crippen LogP contribution in [0, 0.1) is 0 Å². The van der Waals surface area contributed by atoms with Gasteiger partial charge >= 0.3 is 0 Å². The van der Waals surface area contributed by atoms with Gasteiger partial charge in [-0.25, -0.2) is 4.98 Å². The molecule has 0 amide bonds. The first-order chi connectivity index (χ1) is 8.26. The van der Waals surface area contributed by atoms with Gasteiger partial charge in [0.2, 0.25) is 5.78 Å². The highest BCUT2D eigenvalue weighted by molar-refractivity contribution is 6.08. The predicted molar refractivity (Wildman–Crippen MR) is 61.6 cm³/mol. The van der Waals surface area contributed by atoms with Gasteiger partial charge in [-0.2, -0.15) is 0 Å². The lowest BCUT2D eigenvalue weighted by Gasteiger charge is -2.08. The number of nitrogens with one attached hydrogen (secondary N) is 1. The van der Waals surface area contributed by atoms with Crippen LogP contribution in [0.1, 0.15) is 16.2 Å². The molecule has 1 N–H and O–H groups in total. The van der Waals surface area contributed by atoms with Crippen LogP contribution < -0.4 is 9.47 Å². The maximum absolute atomic E-state index is 12.1. The van der Waals surface area contributed by atoms with E-state index in [-0.39, 0.29) is 11.6 Å². The van der Waals surface area contributed by atoms with E-state index in [2.05, 4.69) is 9.97 Å². The Labute approximate surface area is 98.4 Å². The smallest absolute Gasteiger partial charge is 0.232 e. The number of carbonyl (C=O) groups excluding carboxylic acids is 1. The minimum atomic E-state index is -0.231. The van der Waals surface area contributed by atoms with Crippen molar-refractivity contribution in [1.29, 1.82) is 0 Å². The zero-order valence-corrected chi connectivity index (χ0v) is 9.56. The fraction of sp³-hybridized carbons (Fsp3) is 0.167. The highest BCUT2D eigenvalue weighted by Gasteiger charge is 2.17. The first kappa shape index (κ1) is 11.2.